The fourth-order valence-electron chi connectivity index (χ4n) is 3.27. The largest absolute Gasteiger partial charge is 0.374 e. The van der Waals surface area contributed by atoms with E-state index in [2.05, 4.69) is 6.92 Å². The van der Waals surface area contributed by atoms with E-state index in [4.69, 9.17) is 4.74 Å². The molecule has 0 saturated carbocycles. The lowest BCUT2D eigenvalue weighted by atomic mass is 9.82. The summed E-state index contributed by atoms with van der Waals surface area (Å²) in [4.78, 5) is 12.3. The van der Waals surface area contributed by atoms with E-state index in [0.717, 1.165) is 44.5 Å². The van der Waals surface area contributed by atoms with Gasteiger partial charge in [0.25, 0.3) is 0 Å². The highest BCUT2D eigenvalue weighted by Crippen LogP contribution is 2.40. The van der Waals surface area contributed by atoms with E-state index in [0.29, 0.717) is 11.7 Å². The normalized spacial score (nSPS) is 30.9. The van der Waals surface area contributed by atoms with Crippen LogP contribution in [0.2, 0.25) is 0 Å². The third-order valence-electron chi connectivity index (χ3n) is 4.54. The average molecular weight is 284 g/mol. The molecule has 0 bridgehead atoms. The topological polar surface area (TPSA) is 26.3 Å². The van der Waals surface area contributed by atoms with Crippen LogP contribution in [-0.4, -0.2) is 29.5 Å². The highest BCUT2D eigenvalue weighted by molar-refractivity contribution is 7.99. The Kier molecular flexibility index (Phi) is 6.21. The van der Waals surface area contributed by atoms with Crippen LogP contribution in [0.4, 0.5) is 0 Å². The maximum Gasteiger partial charge on any atom is 0.136 e. The number of Topliss-reactive ketones (excluding diaryl/α,β-unsaturated/α-hetero) is 1. The molecule has 2 aliphatic rings. The first-order valence-electron chi connectivity index (χ1n) is 8.00. The molecule has 1 spiro atoms. The van der Waals surface area contributed by atoms with Crippen LogP contribution in [0.3, 0.4) is 0 Å². The second kappa shape index (κ2) is 7.68. The van der Waals surface area contributed by atoms with Crippen LogP contribution in [0.15, 0.2) is 0 Å². The number of unbranched alkanes of at least 4 members (excludes halogenated alkanes) is 4. The Balaban J connectivity index is 1.70. The van der Waals surface area contributed by atoms with Gasteiger partial charge in [0.05, 0.1) is 5.60 Å². The molecule has 0 aromatic carbocycles. The SMILES string of the molecule is CCCCCCCC(=O)C1CCOC2(CCSC2)C1. The van der Waals surface area contributed by atoms with E-state index in [-0.39, 0.29) is 5.60 Å². The summed E-state index contributed by atoms with van der Waals surface area (Å²) >= 11 is 1.98. The summed E-state index contributed by atoms with van der Waals surface area (Å²) in [6, 6.07) is 0. The first-order valence-corrected chi connectivity index (χ1v) is 9.16. The number of thioether (sulfide) groups is 1. The van der Waals surface area contributed by atoms with Crippen molar-refractivity contribution < 1.29 is 9.53 Å². The molecule has 2 aliphatic heterocycles. The molecule has 0 amide bonds. The molecule has 2 saturated heterocycles. The molecule has 2 nitrogen and oxygen atoms in total. The van der Waals surface area contributed by atoms with E-state index in [1.807, 2.05) is 11.8 Å². The number of hydrogen-bond donors (Lipinski definition) is 0. The molecule has 2 heterocycles. The lowest BCUT2D eigenvalue weighted by molar-refractivity contribution is -0.134. The van der Waals surface area contributed by atoms with E-state index >= 15 is 0 Å². The second-order valence-electron chi connectivity index (χ2n) is 6.15. The molecule has 110 valence electrons. The first kappa shape index (κ1) is 15.4. The summed E-state index contributed by atoms with van der Waals surface area (Å²) in [6.45, 7) is 3.03. The Morgan fingerprint density at radius 2 is 2.16 bits per heavy atom. The summed E-state index contributed by atoms with van der Waals surface area (Å²) in [5.41, 5.74) is 0.0610. The van der Waals surface area contributed by atoms with Gasteiger partial charge in [-0.15, -0.1) is 0 Å². The molecule has 2 fully saturated rings. The van der Waals surface area contributed by atoms with E-state index < -0.39 is 0 Å². The summed E-state index contributed by atoms with van der Waals surface area (Å²) in [7, 11) is 0. The van der Waals surface area contributed by atoms with Gasteiger partial charge in [0, 0.05) is 24.7 Å². The Morgan fingerprint density at radius 3 is 2.89 bits per heavy atom. The van der Waals surface area contributed by atoms with Gasteiger partial charge in [-0.25, -0.2) is 0 Å². The number of ketones is 1. The van der Waals surface area contributed by atoms with Gasteiger partial charge in [-0.2, -0.15) is 11.8 Å². The van der Waals surface area contributed by atoms with Crippen LogP contribution in [-0.2, 0) is 9.53 Å². The van der Waals surface area contributed by atoms with Gasteiger partial charge in [0.1, 0.15) is 5.78 Å². The van der Waals surface area contributed by atoms with Crippen molar-refractivity contribution in [2.45, 2.75) is 70.3 Å². The van der Waals surface area contributed by atoms with Crippen LogP contribution < -0.4 is 0 Å². The van der Waals surface area contributed by atoms with Gasteiger partial charge in [-0.05, 0) is 31.4 Å². The zero-order chi connectivity index (χ0) is 13.6. The van der Waals surface area contributed by atoms with Gasteiger partial charge in [0.15, 0.2) is 0 Å². The van der Waals surface area contributed by atoms with Crippen LogP contribution in [0.1, 0.15) is 64.7 Å². The Morgan fingerprint density at radius 1 is 1.32 bits per heavy atom. The molecule has 0 N–H and O–H groups in total. The lowest BCUT2D eigenvalue weighted by Gasteiger charge is -2.37. The number of carbonyl (C=O) groups excluding carboxylic acids is 1. The van der Waals surface area contributed by atoms with Crippen molar-refractivity contribution in [2.75, 3.05) is 18.1 Å². The minimum Gasteiger partial charge on any atom is -0.374 e. The molecule has 19 heavy (non-hydrogen) atoms. The maximum absolute atomic E-state index is 12.3. The van der Waals surface area contributed by atoms with Crippen molar-refractivity contribution >= 4 is 17.5 Å². The molecule has 3 heteroatoms. The van der Waals surface area contributed by atoms with Crippen LogP contribution >= 0.6 is 11.8 Å². The first-order chi connectivity index (χ1) is 9.26. The minimum atomic E-state index is 0.0610. The van der Waals surface area contributed by atoms with E-state index in [1.54, 1.807) is 0 Å². The van der Waals surface area contributed by atoms with Crippen molar-refractivity contribution in [1.82, 2.24) is 0 Å². The zero-order valence-electron chi connectivity index (χ0n) is 12.3. The molecular weight excluding hydrogens is 256 g/mol. The molecule has 0 radical (unpaired) electrons. The third kappa shape index (κ3) is 4.49. The molecule has 0 aromatic heterocycles. The van der Waals surface area contributed by atoms with Crippen LogP contribution in [0, 0.1) is 5.92 Å². The number of carbonyl (C=O) groups is 1. The summed E-state index contributed by atoms with van der Waals surface area (Å²) in [5.74, 6) is 3.11. The number of hydrogen-bond acceptors (Lipinski definition) is 3. The Hall–Kier alpha value is -0.0200. The van der Waals surface area contributed by atoms with Gasteiger partial charge < -0.3 is 4.74 Å². The quantitative estimate of drug-likeness (QED) is 0.655. The molecular formula is C16H28O2S. The summed E-state index contributed by atoms with van der Waals surface area (Å²) < 4.78 is 5.99. The van der Waals surface area contributed by atoms with Crippen LogP contribution in [0.5, 0.6) is 0 Å². The van der Waals surface area contributed by atoms with Crippen molar-refractivity contribution in [3.05, 3.63) is 0 Å². The molecule has 2 rings (SSSR count). The molecule has 0 aliphatic carbocycles. The van der Waals surface area contributed by atoms with Crippen molar-refractivity contribution in [1.29, 1.82) is 0 Å². The monoisotopic (exact) mass is 284 g/mol. The lowest BCUT2D eigenvalue weighted by Crippen LogP contribution is -2.42. The van der Waals surface area contributed by atoms with Gasteiger partial charge in [0.2, 0.25) is 0 Å². The molecule has 2 unspecified atom stereocenters. The minimum absolute atomic E-state index is 0.0610. The van der Waals surface area contributed by atoms with Crippen LogP contribution in [0.25, 0.3) is 0 Å². The van der Waals surface area contributed by atoms with Crippen molar-refractivity contribution in [2.24, 2.45) is 5.92 Å². The zero-order valence-corrected chi connectivity index (χ0v) is 13.1. The van der Waals surface area contributed by atoms with Crippen molar-refractivity contribution in [3.63, 3.8) is 0 Å². The van der Waals surface area contributed by atoms with E-state index in [1.165, 1.54) is 31.4 Å². The predicted octanol–water partition coefficient (Wildman–Crippen LogP) is 4.22. The maximum atomic E-state index is 12.3. The van der Waals surface area contributed by atoms with Gasteiger partial charge >= 0.3 is 0 Å². The standard InChI is InChI=1S/C16H28O2S/c1-2-3-4-5-6-7-15(17)14-8-10-18-16(12-14)9-11-19-13-16/h14H,2-13H2,1H3. The molecule has 0 aromatic rings. The fraction of sp³-hybridized carbons (Fsp3) is 0.938. The Labute approximate surface area is 122 Å². The summed E-state index contributed by atoms with van der Waals surface area (Å²) in [6.07, 6.45) is 10.1. The predicted molar refractivity (Wildman–Crippen MR) is 81.7 cm³/mol. The smallest absolute Gasteiger partial charge is 0.136 e. The van der Waals surface area contributed by atoms with Crippen molar-refractivity contribution in [3.8, 4) is 0 Å². The van der Waals surface area contributed by atoms with Gasteiger partial charge in [-0.1, -0.05) is 32.6 Å². The summed E-state index contributed by atoms with van der Waals surface area (Å²) in [5, 5.41) is 0. The average Bonchev–Trinajstić information content (AvgIpc) is 2.86. The highest BCUT2D eigenvalue weighted by atomic mass is 32.2. The number of rotatable bonds is 7. The fourth-order valence-corrected chi connectivity index (χ4v) is 4.65. The third-order valence-corrected chi connectivity index (χ3v) is 5.77. The second-order valence-corrected chi connectivity index (χ2v) is 7.26. The Bertz CT molecular complexity index is 284. The molecule has 2 atom stereocenters. The number of ether oxygens (including phenoxy) is 1. The van der Waals surface area contributed by atoms with Gasteiger partial charge in [-0.3, -0.25) is 4.79 Å². The van der Waals surface area contributed by atoms with E-state index in [9.17, 15) is 4.79 Å². The highest BCUT2D eigenvalue weighted by Gasteiger charge is 2.41.